The van der Waals surface area contributed by atoms with Crippen LogP contribution in [0.25, 0.3) is 11.6 Å². The van der Waals surface area contributed by atoms with Gasteiger partial charge >= 0.3 is 10.2 Å². The summed E-state index contributed by atoms with van der Waals surface area (Å²) < 4.78 is 71.8. The van der Waals surface area contributed by atoms with Crippen LogP contribution in [0, 0.1) is 18.8 Å². The summed E-state index contributed by atoms with van der Waals surface area (Å²) in [6, 6.07) is 3.49. The van der Waals surface area contributed by atoms with Crippen LogP contribution in [-0.4, -0.2) is 50.0 Å². The fourth-order valence-electron chi connectivity index (χ4n) is 4.84. The van der Waals surface area contributed by atoms with Gasteiger partial charge in [-0.15, -0.1) is 22.6 Å². The standard InChI is InChI=1S/C21H24F5N5OS2.ClH/c1-13-19(32-12-27-13)20-28-29-21(30(20)2)33-9-3-8-31-10-16-17(11-31)18(16)14-4-6-15(7-5-14)34(22,23,24,25)26;/h4-7,12,16-18H,3,8-11H2,1-2H3;1H. The largest absolute Gasteiger partial charge is 0.440 e. The summed E-state index contributed by atoms with van der Waals surface area (Å²) in [5, 5.41) is 9.23. The van der Waals surface area contributed by atoms with Crippen LogP contribution in [0.2, 0.25) is 0 Å². The third-order valence-corrected chi connectivity index (χ3v) is 8.88. The van der Waals surface area contributed by atoms with Crippen molar-refractivity contribution in [3.63, 3.8) is 0 Å². The third-order valence-electron chi connectivity index (χ3n) is 6.61. The molecule has 0 N–H and O–H groups in total. The average molecular weight is 558 g/mol. The first-order valence-electron chi connectivity index (χ1n) is 10.8. The number of aromatic nitrogens is 4. The molecular formula is C21H25ClF5N5OS2. The normalized spacial score (nSPS) is 23.9. The number of hydrogen-bond acceptors (Lipinski definition) is 6. The Kier molecular flexibility index (Phi) is 6.26. The van der Waals surface area contributed by atoms with E-state index in [1.165, 1.54) is 18.5 Å². The van der Waals surface area contributed by atoms with Gasteiger partial charge in [0.05, 0.1) is 5.69 Å². The van der Waals surface area contributed by atoms with Crippen LogP contribution >= 0.6 is 34.4 Å². The minimum Gasteiger partial charge on any atom is -0.440 e. The van der Waals surface area contributed by atoms with Crippen molar-refractivity contribution in [1.82, 2.24) is 24.6 Å². The highest BCUT2D eigenvalue weighted by Gasteiger charge is 2.65. The zero-order chi connectivity index (χ0) is 24.4. The molecule has 3 heterocycles. The highest BCUT2D eigenvalue weighted by molar-refractivity contribution is 8.45. The molecule has 2 unspecified atom stereocenters. The molecule has 1 saturated carbocycles. The molecule has 2 aromatic heterocycles. The number of piperidine rings is 1. The van der Waals surface area contributed by atoms with Gasteiger partial charge in [-0.05, 0) is 55.3 Å². The molecule has 194 valence electrons. The minimum atomic E-state index is -9.61. The van der Waals surface area contributed by atoms with E-state index in [1.54, 1.807) is 11.8 Å². The number of benzene rings is 1. The Bertz CT molecular complexity index is 1210. The highest BCUT2D eigenvalue weighted by Crippen LogP contribution is 3.02. The average Bonchev–Trinajstić information content (AvgIpc) is 3.10. The van der Waals surface area contributed by atoms with Gasteiger partial charge in [-0.3, -0.25) is 0 Å². The van der Waals surface area contributed by atoms with E-state index >= 15 is 0 Å². The molecule has 2 aliphatic rings. The van der Waals surface area contributed by atoms with E-state index in [-0.39, 0.29) is 18.3 Å². The molecule has 5 rings (SSSR count). The van der Waals surface area contributed by atoms with Crippen molar-refractivity contribution in [2.24, 2.45) is 18.9 Å². The first-order chi connectivity index (χ1) is 15.8. The van der Waals surface area contributed by atoms with E-state index in [2.05, 4.69) is 20.1 Å². The van der Waals surface area contributed by atoms with E-state index < -0.39 is 15.1 Å². The van der Waals surface area contributed by atoms with Crippen LogP contribution in [-0.2, 0) is 7.05 Å². The molecule has 6 nitrogen and oxygen atoms in total. The lowest BCUT2D eigenvalue weighted by Gasteiger charge is -2.40. The van der Waals surface area contributed by atoms with Crippen LogP contribution in [0.3, 0.4) is 0 Å². The number of hydrogen-bond donors (Lipinski definition) is 0. The Labute approximate surface area is 209 Å². The molecule has 2 fully saturated rings. The molecule has 0 spiro atoms. The Morgan fingerprint density at radius 2 is 1.71 bits per heavy atom. The van der Waals surface area contributed by atoms with Gasteiger partial charge in [0.2, 0.25) is 5.82 Å². The SMILES string of the molecule is Cc1ncoc1-c1nnc(SCCCN2CC3C(C2)C3c2ccc(S(F)(F)(F)(F)F)cc2)n1C.Cl. The topological polar surface area (TPSA) is 60.0 Å². The Hall–Kier alpha value is -1.83. The van der Waals surface area contributed by atoms with Gasteiger partial charge < -0.3 is 13.9 Å². The van der Waals surface area contributed by atoms with Crippen molar-refractivity contribution >= 4 is 34.4 Å². The van der Waals surface area contributed by atoms with Gasteiger partial charge in [0.1, 0.15) is 4.90 Å². The van der Waals surface area contributed by atoms with Crippen molar-refractivity contribution in [3.8, 4) is 11.6 Å². The molecule has 0 bridgehead atoms. The lowest BCUT2D eigenvalue weighted by molar-refractivity contribution is 0.299. The van der Waals surface area contributed by atoms with E-state index in [0.29, 0.717) is 35.6 Å². The van der Waals surface area contributed by atoms with Crippen molar-refractivity contribution in [2.45, 2.75) is 29.3 Å². The number of aryl methyl sites for hydroxylation is 1. The van der Waals surface area contributed by atoms with Gasteiger partial charge in [0, 0.05) is 25.9 Å². The maximum Gasteiger partial charge on any atom is 0.310 e. The molecule has 35 heavy (non-hydrogen) atoms. The molecule has 1 aromatic carbocycles. The van der Waals surface area contributed by atoms with E-state index in [1.807, 2.05) is 18.5 Å². The second-order valence-electron chi connectivity index (χ2n) is 8.99. The first-order valence-corrected chi connectivity index (χ1v) is 13.7. The summed E-state index contributed by atoms with van der Waals surface area (Å²) in [5.74, 6) is 3.03. The highest BCUT2D eigenvalue weighted by atomic mass is 35.5. The Morgan fingerprint density at radius 3 is 2.29 bits per heavy atom. The van der Waals surface area contributed by atoms with Crippen LogP contribution in [0.15, 0.2) is 45.1 Å². The molecule has 2 atom stereocenters. The number of likely N-dealkylation sites (tertiary alicyclic amines) is 1. The Morgan fingerprint density at radius 1 is 1.06 bits per heavy atom. The maximum atomic E-state index is 12.9. The van der Waals surface area contributed by atoms with E-state index in [0.717, 1.165) is 48.2 Å². The monoisotopic (exact) mass is 557 g/mol. The molecule has 0 amide bonds. The van der Waals surface area contributed by atoms with Crippen LogP contribution in [0.4, 0.5) is 19.4 Å². The Balaban J connectivity index is 0.00000289. The van der Waals surface area contributed by atoms with E-state index in [9.17, 15) is 19.4 Å². The summed E-state index contributed by atoms with van der Waals surface area (Å²) in [5.41, 5.74) is 1.48. The molecule has 0 radical (unpaired) electrons. The second-order valence-corrected chi connectivity index (χ2v) is 12.5. The lowest BCUT2D eigenvalue weighted by Crippen LogP contribution is -2.25. The number of nitrogens with zero attached hydrogens (tertiary/aromatic N) is 5. The van der Waals surface area contributed by atoms with Gasteiger partial charge in [-0.25, -0.2) is 4.98 Å². The quantitative estimate of drug-likeness (QED) is 0.175. The second kappa shape index (κ2) is 8.35. The van der Waals surface area contributed by atoms with Gasteiger partial charge in [0.25, 0.3) is 0 Å². The molecular weight excluding hydrogens is 533 g/mol. The molecule has 1 aliphatic heterocycles. The fourth-order valence-corrected chi connectivity index (χ4v) is 6.33. The van der Waals surface area contributed by atoms with Crippen LogP contribution in [0.5, 0.6) is 0 Å². The molecule has 1 saturated heterocycles. The zero-order valence-corrected chi connectivity index (χ0v) is 21.4. The van der Waals surface area contributed by atoms with Gasteiger partial charge in [0.15, 0.2) is 17.3 Å². The fraction of sp³-hybridized carbons (Fsp3) is 0.476. The summed E-state index contributed by atoms with van der Waals surface area (Å²) in [4.78, 5) is 4.62. The van der Waals surface area contributed by atoms with Gasteiger partial charge in [-0.2, -0.15) is 0 Å². The van der Waals surface area contributed by atoms with Crippen LogP contribution in [0.1, 0.15) is 23.6 Å². The number of oxazole rings is 1. The smallest absolute Gasteiger partial charge is 0.310 e. The predicted octanol–water partition coefficient (Wildman–Crippen LogP) is 6.69. The van der Waals surface area contributed by atoms with E-state index in [4.69, 9.17) is 4.42 Å². The summed E-state index contributed by atoms with van der Waals surface area (Å²) >= 11 is 1.62. The summed E-state index contributed by atoms with van der Waals surface area (Å²) in [6.45, 7) is 4.52. The molecule has 14 heteroatoms. The number of rotatable bonds is 8. The third kappa shape index (κ3) is 5.32. The number of halogens is 6. The predicted molar refractivity (Wildman–Crippen MR) is 128 cm³/mol. The summed E-state index contributed by atoms with van der Waals surface area (Å²) in [7, 11) is -7.72. The van der Waals surface area contributed by atoms with Gasteiger partial charge in [-0.1, -0.05) is 43.3 Å². The van der Waals surface area contributed by atoms with Crippen molar-refractivity contribution in [3.05, 3.63) is 41.9 Å². The summed E-state index contributed by atoms with van der Waals surface area (Å²) in [6.07, 6.45) is 2.34. The zero-order valence-electron chi connectivity index (χ0n) is 18.9. The number of fused-ring (bicyclic) bond motifs is 1. The lowest BCUT2D eigenvalue weighted by atomic mass is 10.1. The number of thioether (sulfide) groups is 1. The first kappa shape index (κ1) is 26.2. The minimum absolute atomic E-state index is 0. The maximum absolute atomic E-state index is 12.9. The van der Waals surface area contributed by atoms with Crippen molar-refractivity contribution < 1.29 is 23.8 Å². The van der Waals surface area contributed by atoms with Crippen molar-refractivity contribution in [1.29, 1.82) is 0 Å². The molecule has 1 aliphatic carbocycles. The van der Waals surface area contributed by atoms with Crippen LogP contribution < -0.4 is 0 Å². The molecule has 3 aromatic rings. The van der Waals surface area contributed by atoms with Crippen molar-refractivity contribution in [2.75, 3.05) is 25.4 Å².